The first-order valence-corrected chi connectivity index (χ1v) is 5.95. The van der Waals surface area contributed by atoms with Gasteiger partial charge in [-0.15, -0.1) is 0 Å². The highest BCUT2D eigenvalue weighted by molar-refractivity contribution is 9.09. The second kappa shape index (κ2) is 4.83. The minimum absolute atomic E-state index is 0.0132. The highest BCUT2D eigenvalue weighted by atomic mass is 79.9. The fraction of sp³-hybridized carbons (Fsp3) is 0.556. The number of ether oxygens (including phenoxy) is 1. The fourth-order valence-electron chi connectivity index (χ4n) is 1.24. The first-order chi connectivity index (χ1) is 6.14. The number of hydrogen-bond acceptors (Lipinski definition) is 1. The Kier molecular flexibility index (Phi) is 4.30. The Bertz CT molecular complexity index is 240. The largest absolute Gasteiger partial charge is 0.356 e. The maximum atomic E-state index is 6.27. The lowest BCUT2D eigenvalue weighted by Crippen LogP contribution is -2.36. The number of alkyl halides is 2. The molecule has 0 fully saturated rings. The van der Waals surface area contributed by atoms with Gasteiger partial charge in [0.1, 0.15) is 0 Å². The lowest BCUT2D eigenvalue weighted by atomic mass is 9.98. The summed E-state index contributed by atoms with van der Waals surface area (Å²) in [5, 5.41) is 0.628. The molecule has 4 heteroatoms. The molecule has 0 spiro atoms. The van der Waals surface area contributed by atoms with Crippen LogP contribution in [0, 0.1) is 5.92 Å². The molecule has 0 aliphatic heterocycles. The van der Waals surface area contributed by atoms with Gasteiger partial charge in [-0.2, -0.15) is 0 Å². The Balaban J connectivity index is 2.85. The van der Waals surface area contributed by atoms with Crippen LogP contribution >= 0.6 is 39.1 Å². The Morgan fingerprint density at radius 2 is 2.38 bits per heavy atom. The average molecular weight is 286 g/mol. The molecule has 1 nitrogen and oxygen atoms in total. The van der Waals surface area contributed by atoms with Gasteiger partial charge in [0.25, 0.3) is 0 Å². The van der Waals surface area contributed by atoms with Crippen LogP contribution in [0.1, 0.15) is 6.92 Å². The van der Waals surface area contributed by atoms with Gasteiger partial charge in [-0.25, -0.2) is 0 Å². The van der Waals surface area contributed by atoms with Gasteiger partial charge in [-0.05, 0) is 19.1 Å². The number of allylic oxidation sites excluding steroid dienone is 2. The van der Waals surface area contributed by atoms with Crippen LogP contribution in [0.25, 0.3) is 0 Å². The molecule has 2 unspecified atom stereocenters. The Labute approximate surface area is 96.9 Å². The maximum absolute atomic E-state index is 6.27. The molecule has 1 rings (SSSR count). The van der Waals surface area contributed by atoms with E-state index in [1.807, 2.05) is 25.2 Å². The minimum atomic E-state index is -0.788. The van der Waals surface area contributed by atoms with Crippen molar-refractivity contribution < 1.29 is 4.74 Å². The van der Waals surface area contributed by atoms with E-state index in [1.165, 1.54) is 0 Å². The molecule has 0 aromatic heterocycles. The second-order valence-corrected chi connectivity index (χ2v) is 4.42. The molecule has 0 saturated carbocycles. The van der Waals surface area contributed by atoms with E-state index < -0.39 is 5.06 Å². The van der Waals surface area contributed by atoms with Crippen molar-refractivity contribution in [2.24, 2.45) is 5.92 Å². The normalized spacial score (nSPS) is 33.2. The number of hydrogen-bond donors (Lipinski definition) is 0. The van der Waals surface area contributed by atoms with Gasteiger partial charge in [0.2, 0.25) is 0 Å². The summed E-state index contributed by atoms with van der Waals surface area (Å²) in [7, 11) is 0. The summed E-state index contributed by atoms with van der Waals surface area (Å²) in [5.41, 5.74) is 0. The van der Waals surface area contributed by atoms with E-state index in [9.17, 15) is 0 Å². The first kappa shape index (κ1) is 11.6. The van der Waals surface area contributed by atoms with Crippen molar-refractivity contribution in [3.05, 3.63) is 23.3 Å². The lowest BCUT2D eigenvalue weighted by molar-refractivity contribution is 0.0379. The van der Waals surface area contributed by atoms with Crippen molar-refractivity contribution >= 4 is 39.1 Å². The maximum Gasteiger partial charge on any atom is 0.169 e. The number of halogens is 3. The summed E-state index contributed by atoms with van der Waals surface area (Å²) in [6, 6.07) is 0. The van der Waals surface area contributed by atoms with Crippen LogP contribution in [0.4, 0.5) is 0 Å². The van der Waals surface area contributed by atoms with Crippen LogP contribution < -0.4 is 0 Å². The van der Waals surface area contributed by atoms with E-state index in [-0.39, 0.29) is 5.92 Å². The highest BCUT2D eigenvalue weighted by Gasteiger charge is 2.38. The van der Waals surface area contributed by atoms with E-state index in [1.54, 1.807) is 0 Å². The van der Waals surface area contributed by atoms with Gasteiger partial charge < -0.3 is 4.74 Å². The zero-order valence-electron chi connectivity index (χ0n) is 7.27. The molecular weight excluding hydrogens is 275 g/mol. The fourth-order valence-corrected chi connectivity index (χ4v) is 3.19. The molecule has 0 aromatic carbocycles. The van der Waals surface area contributed by atoms with Crippen molar-refractivity contribution in [3.63, 3.8) is 0 Å². The molecule has 0 amide bonds. The Morgan fingerprint density at radius 3 is 2.92 bits per heavy atom. The van der Waals surface area contributed by atoms with Gasteiger partial charge in [0, 0.05) is 17.0 Å². The van der Waals surface area contributed by atoms with Gasteiger partial charge in [0.15, 0.2) is 5.06 Å². The van der Waals surface area contributed by atoms with Crippen LogP contribution in [0.2, 0.25) is 0 Å². The van der Waals surface area contributed by atoms with Crippen molar-refractivity contribution in [1.29, 1.82) is 0 Å². The summed E-state index contributed by atoms with van der Waals surface area (Å²) in [6.07, 6.45) is 5.49. The summed E-state index contributed by atoms with van der Waals surface area (Å²) in [4.78, 5) is 0. The molecule has 0 radical (unpaired) electrons. The SMILES string of the molecule is CCOC1(Cl)C=CC=C(Cl)C1CBr. The summed E-state index contributed by atoms with van der Waals surface area (Å²) in [6.45, 7) is 2.48. The first-order valence-electron chi connectivity index (χ1n) is 4.07. The minimum Gasteiger partial charge on any atom is -0.356 e. The topological polar surface area (TPSA) is 9.23 Å². The standard InChI is InChI=1S/C9H11BrCl2O/c1-2-13-9(12)5-3-4-8(11)7(9)6-10/h3-5,7H,2,6H2,1H3. The summed E-state index contributed by atoms with van der Waals surface area (Å²) in [5.74, 6) is -0.0132. The van der Waals surface area contributed by atoms with Crippen LogP contribution in [0.15, 0.2) is 23.3 Å². The molecule has 0 saturated heterocycles. The van der Waals surface area contributed by atoms with E-state index in [0.717, 1.165) is 5.03 Å². The zero-order chi connectivity index (χ0) is 9.90. The van der Waals surface area contributed by atoms with E-state index >= 15 is 0 Å². The number of rotatable bonds is 3. The second-order valence-electron chi connectivity index (χ2n) is 2.75. The highest BCUT2D eigenvalue weighted by Crippen LogP contribution is 2.39. The Morgan fingerprint density at radius 1 is 1.69 bits per heavy atom. The molecule has 1 aliphatic carbocycles. The third-order valence-electron chi connectivity index (χ3n) is 1.91. The van der Waals surface area contributed by atoms with Crippen LogP contribution in [0.5, 0.6) is 0 Å². The molecule has 0 bridgehead atoms. The molecule has 0 heterocycles. The Hall–Kier alpha value is 0.500. The van der Waals surface area contributed by atoms with Crippen LogP contribution in [-0.2, 0) is 4.74 Å². The monoisotopic (exact) mass is 284 g/mol. The van der Waals surface area contributed by atoms with Crippen molar-refractivity contribution in [2.45, 2.75) is 12.0 Å². The predicted molar refractivity (Wildman–Crippen MR) is 60.6 cm³/mol. The molecule has 0 aromatic rings. The summed E-state index contributed by atoms with van der Waals surface area (Å²) >= 11 is 15.7. The molecule has 0 N–H and O–H groups in total. The van der Waals surface area contributed by atoms with Crippen molar-refractivity contribution in [3.8, 4) is 0 Å². The third kappa shape index (κ3) is 2.50. The van der Waals surface area contributed by atoms with Crippen LogP contribution in [0.3, 0.4) is 0 Å². The molecule has 2 atom stereocenters. The van der Waals surface area contributed by atoms with E-state index in [2.05, 4.69) is 15.9 Å². The van der Waals surface area contributed by atoms with E-state index in [0.29, 0.717) is 11.9 Å². The average Bonchev–Trinajstić information content (AvgIpc) is 2.04. The third-order valence-corrected chi connectivity index (χ3v) is 3.44. The quantitative estimate of drug-likeness (QED) is 0.719. The molecule has 13 heavy (non-hydrogen) atoms. The molecular formula is C9H11BrCl2O. The predicted octanol–water partition coefficient (Wildman–Crippen LogP) is 3.66. The van der Waals surface area contributed by atoms with Gasteiger partial charge in [-0.3, -0.25) is 0 Å². The molecule has 74 valence electrons. The smallest absolute Gasteiger partial charge is 0.169 e. The van der Waals surface area contributed by atoms with Crippen LogP contribution in [-0.4, -0.2) is 17.0 Å². The van der Waals surface area contributed by atoms with Gasteiger partial charge in [-0.1, -0.05) is 45.2 Å². The van der Waals surface area contributed by atoms with Gasteiger partial charge >= 0.3 is 0 Å². The summed E-state index contributed by atoms with van der Waals surface area (Å²) < 4.78 is 5.47. The molecule has 1 aliphatic rings. The van der Waals surface area contributed by atoms with Crippen molar-refractivity contribution in [1.82, 2.24) is 0 Å². The van der Waals surface area contributed by atoms with Gasteiger partial charge in [0.05, 0.1) is 5.92 Å². The lowest BCUT2D eigenvalue weighted by Gasteiger charge is -2.33. The van der Waals surface area contributed by atoms with E-state index in [4.69, 9.17) is 27.9 Å². The zero-order valence-corrected chi connectivity index (χ0v) is 10.4. The van der Waals surface area contributed by atoms with Crippen molar-refractivity contribution in [2.75, 3.05) is 11.9 Å².